The van der Waals surface area contributed by atoms with E-state index >= 15 is 0 Å². The van der Waals surface area contributed by atoms with Gasteiger partial charge in [-0.3, -0.25) is 14.5 Å². The average molecular weight is 272 g/mol. The van der Waals surface area contributed by atoms with E-state index in [2.05, 4.69) is 5.32 Å². The van der Waals surface area contributed by atoms with Crippen LogP contribution in [0.4, 0.5) is 14.5 Å². The van der Waals surface area contributed by atoms with Gasteiger partial charge in [0.15, 0.2) is 0 Å². The van der Waals surface area contributed by atoms with Crippen molar-refractivity contribution in [3.63, 3.8) is 0 Å². The lowest BCUT2D eigenvalue weighted by molar-refractivity contribution is -0.137. The third-order valence-corrected chi connectivity index (χ3v) is 2.35. The number of nitrogens with one attached hydrogen (secondary N) is 1. The van der Waals surface area contributed by atoms with Crippen molar-refractivity contribution in [1.29, 1.82) is 0 Å². The van der Waals surface area contributed by atoms with E-state index in [9.17, 15) is 18.4 Å². The van der Waals surface area contributed by atoms with Gasteiger partial charge in [0.25, 0.3) is 0 Å². The van der Waals surface area contributed by atoms with E-state index in [1.165, 1.54) is 11.0 Å². The zero-order chi connectivity index (χ0) is 14.4. The molecule has 0 unspecified atom stereocenters. The van der Waals surface area contributed by atoms with Crippen LogP contribution in [-0.4, -0.2) is 42.0 Å². The first-order valence-electron chi connectivity index (χ1n) is 5.54. The van der Waals surface area contributed by atoms with Gasteiger partial charge in [-0.1, -0.05) is 6.07 Å². The number of carboxylic acids is 1. The van der Waals surface area contributed by atoms with Crippen molar-refractivity contribution in [3.05, 3.63) is 29.8 Å². The van der Waals surface area contributed by atoms with E-state index in [1.54, 1.807) is 7.05 Å². The maximum Gasteiger partial charge on any atom is 0.304 e. The van der Waals surface area contributed by atoms with E-state index in [1.807, 2.05) is 0 Å². The normalized spacial score (nSPS) is 10.5. The number of hydrogen-bond donors (Lipinski definition) is 2. The van der Waals surface area contributed by atoms with Crippen LogP contribution >= 0.6 is 0 Å². The van der Waals surface area contributed by atoms with Gasteiger partial charge >= 0.3 is 5.97 Å². The summed E-state index contributed by atoms with van der Waals surface area (Å²) in [6.45, 7) is 0.0174. The van der Waals surface area contributed by atoms with Crippen molar-refractivity contribution < 1.29 is 23.5 Å². The third kappa shape index (κ3) is 5.01. The number of halogens is 2. The monoisotopic (exact) mass is 272 g/mol. The van der Waals surface area contributed by atoms with E-state index in [0.29, 0.717) is 0 Å². The fourth-order valence-electron chi connectivity index (χ4n) is 1.41. The number of hydrogen-bond acceptors (Lipinski definition) is 3. The number of para-hydroxylation sites is 1. The van der Waals surface area contributed by atoms with Crippen molar-refractivity contribution >= 4 is 17.6 Å². The zero-order valence-electron chi connectivity index (χ0n) is 10.3. The molecule has 0 bridgehead atoms. The average Bonchev–Trinajstić information content (AvgIpc) is 2.31. The molecule has 1 rings (SSSR count). The van der Waals surface area contributed by atoms with E-state index < -0.39 is 29.2 Å². The Labute approximate surface area is 108 Å². The largest absolute Gasteiger partial charge is 0.481 e. The number of likely N-dealkylation sites (N-methyl/N-ethyl adjacent to an activating group) is 1. The zero-order valence-corrected chi connectivity index (χ0v) is 10.3. The quantitative estimate of drug-likeness (QED) is 0.819. The van der Waals surface area contributed by atoms with Crippen LogP contribution in [0.25, 0.3) is 0 Å². The summed E-state index contributed by atoms with van der Waals surface area (Å²) in [5.41, 5.74) is -0.501. The molecule has 0 saturated heterocycles. The molecule has 7 heteroatoms. The second-order valence-corrected chi connectivity index (χ2v) is 4.03. The van der Waals surface area contributed by atoms with Gasteiger partial charge in [-0.25, -0.2) is 8.78 Å². The summed E-state index contributed by atoms with van der Waals surface area (Å²) in [5.74, 6) is -3.31. The molecule has 0 aliphatic heterocycles. The number of nitrogens with zero attached hydrogens (tertiary/aromatic N) is 1. The Hall–Kier alpha value is -2.02. The second-order valence-electron chi connectivity index (χ2n) is 4.03. The molecule has 1 amide bonds. The summed E-state index contributed by atoms with van der Waals surface area (Å²) in [6, 6.07) is 3.26. The van der Waals surface area contributed by atoms with Crippen LogP contribution < -0.4 is 5.32 Å². The Kier molecular flexibility index (Phi) is 5.37. The molecule has 0 saturated carbocycles. The summed E-state index contributed by atoms with van der Waals surface area (Å²) in [4.78, 5) is 23.3. The van der Waals surface area contributed by atoms with Crippen molar-refractivity contribution in [3.8, 4) is 0 Å². The molecule has 0 atom stereocenters. The fraction of sp³-hybridized carbons (Fsp3) is 0.333. The summed E-state index contributed by atoms with van der Waals surface area (Å²) in [5, 5.41) is 10.6. The third-order valence-electron chi connectivity index (χ3n) is 2.35. The smallest absolute Gasteiger partial charge is 0.304 e. The van der Waals surface area contributed by atoms with Crippen LogP contribution in [0, 0.1) is 11.6 Å². The molecule has 0 aliphatic carbocycles. The molecule has 104 valence electrons. The molecule has 0 heterocycles. The summed E-state index contributed by atoms with van der Waals surface area (Å²) >= 11 is 0. The highest BCUT2D eigenvalue weighted by Gasteiger charge is 2.13. The van der Waals surface area contributed by atoms with Crippen molar-refractivity contribution in [2.45, 2.75) is 6.42 Å². The van der Waals surface area contributed by atoms with Gasteiger partial charge in [0.2, 0.25) is 5.91 Å². The molecular weight excluding hydrogens is 258 g/mol. The lowest BCUT2D eigenvalue weighted by Gasteiger charge is -2.15. The molecule has 0 fully saturated rings. The predicted octanol–water partition coefficient (Wildman–Crippen LogP) is 1.31. The van der Waals surface area contributed by atoms with E-state index in [-0.39, 0.29) is 19.5 Å². The van der Waals surface area contributed by atoms with Crippen molar-refractivity contribution in [2.75, 3.05) is 25.5 Å². The molecule has 0 aliphatic rings. The van der Waals surface area contributed by atoms with Gasteiger partial charge in [-0.2, -0.15) is 0 Å². The Morgan fingerprint density at radius 1 is 1.32 bits per heavy atom. The summed E-state index contributed by atoms with van der Waals surface area (Å²) in [7, 11) is 1.54. The maximum atomic E-state index is 13.3. The Bertz CT molecular complexity index is 460. The van der Waals surface area contributed by atoms with Crippen molar-refractivity contribution in [2.24, 2.45) is 0 Å². The fourth-order valence-corrected chi connectivity index (χ4v) is 1.41. The topological polar surface area (TPSA) is 69.6 Å². The Morgan fingerprint density at radius 3 is 2.42 bits per heavy atom. The predicted molar refractivity (Wildman–Crippen MR) is 64.7 cm³/mol. The first-order valence-corrected chi connectivity index (χ1v) is 5.54. The van der Waals surface area contributed by atoms with Gasteiger partial charge in [0.1, 0.15) is 17.3 Å². The number of amides is 1. The highest BCUT2D eigenvalue weighted by Crippen LogP contribution is 2.17. The molecule has 0 spiro atoms. The number of rotatable bonds is 6. The lowest BCUT2D eigenvalue weighted by atomic mass is 10.3. The van der Waals surface area contributed by atoms with Gasteiger partial charge in [-0.15, -0.1) is 0 Å². The Morgan fingerprint density at radius 2 is 1.89 bits per heavy atom. The van der Waals surface area contributed by atoms with Gasteiger partial charge in [-0.05, 0) is 19.2 Å². The first-order chi connectivity index (χ1) is 8.90. The van der Waals surface area contributed by atoms with Crippen LogP contribution in [0.1, 0.15) is 6.42 Å². The minimum atomic E-state index is -0.979. The standard InChI is InChI=1S/C12H14F2N2O3/c1-16(6-5-11(18)19)7-10(17)15-12-8(13)3-2-4-9(12)14/h2-4H,5-7H2,1H3,(H,15,17)(H,18,19). The van der Waals surface area contributed by atoms with E-state index in [4.69, 9.17) is 5.11 Å². The van der Waals surface area contributed by atoms with Crippen LogP contribution in [0.3, 0.4) is 0 Å². The number of carboxylic acid groups (broad SMARTS) is 1. The SMILES string of the molecule is CN(CCC(=O)O)CC(=O)Nc1c(F)cccc1F. The molecule has 2 N–H and O–H groups in total. The molecule has 0 aromatic heterocycles. The highest BCUT2D eigenvalue weighted by molar-refractivity contribution is 5.92. The molecule has 19 heavy (non-hydrogen) atoms. The van der Waals surface area contributed by atoms with Gasteiger partial charge < -0.3 is 10.4 Å². The molecule has 5 nitrogen and oxygen atoms in total. The van der Waals surface area contributed by atoms with E-state index in [0.717, 1.165) is 12.1 Å². The van der Waals surface area contributed by atoms with Gasteiger partial charge in [0.05, 0.1) is 13.0 Å². The lowest BCUT2D eigenvalue weighted by Crippen LogP contribution is -2.32. The summed E-state index contributed by atoms with van der Waals surface area (Å²) < 4.78 is 26.5. The molecule has 1 aromatic carbocycles. The minimum Gasteiger partial charge on any atom is -0.481 e. The minimum absolute atomic E-state index is 0.113. The van der Waals surface area contributed by atoms with Crippen LogP contribution in [0.5, 0.6) is 0 Å². The molecule has 0 radical (unpaired) electrons. The van der Waals surface area contributed by atoms with Gasteiger partial charge in [0, 0.05) is 6.54 Å². The first kappa shape index (κ1) is 15.0. The number of benzene rings is 1. The molecular formula is C12H14F2N2O3. The summed E-state index contributed by atoms with van der Waals surface area (Å²) in [6.07, 6.45) is -0.113. The van der Waals surface area contributed by atoms with Crippen LogP contribution in [-0.2, 0) is 9.59 Å². The number of aliphatic carboxylic acids is 1. The van der Waals surface area contributed by atoms with Crippen LogP contribution in [0.15, 0.2) is 18.2 Å². The number of carbonyl (C=O) groups is 2. The van der Waals surface area contributed by atoms with Crippen molar-refractivity contribution in [1.82, 2.24) is 4.90 Å². The number of anilines is 1. The highest BCUT2D eigenvalue weighted by atomic mass is 19.1. The van der Waals surface area contributed by atoms with Crippen LogP contribution in [0.2, 0.25) is 0 Å². The number of carbonyl (C=O) groups excluding carboxylic acids is 1. The maximum absolute atomic E-state index is 13.3. The second kappa shape index (κ2) is 6.79. The molecule has 1 aromatic rings. The Balaban J connectivity index is 2.53.